The van der Waals surface area contributed by atoms with Crippen molar-refractivity contribution < 1.29 is 14.3 Å². The number of rotatable bonds is 6. The Labute approximate surface area is 167 Å². The summed E-state index contributed by atoms with van der Waals surface area (Å²) < 4.78 is 5.54. The minimum absolute atomic E-state index is 0.0559. The van der Waals surface area contributed by atoms with Crippen molar-refractivity contribution in [3.05, 3.63) is 78.4 Å². The maximum absolute atomic E-state index is 12.4. The Kier molecular flexibility index (Phi) is 5.07. The maximum Gasteiger partial charge on any atom is 0.262 e. The molecule has 3 aromatic carbocycles. The molecule has 0 unspecified atom stereocenters. The van der Waals surface area contributed by atoms with Crippen LogP contribution in [0.25, 0.3) is 22.4 Å². The molecule has 0 saturated heterocycles. The largest absolute Gasteiger partial charge is 0.484 e. The molecule has 1 aromatic heterocycles. The normalized spacial score (nSPS) is 10.7. The van der Waals surface area contributed by atoms with Crippen molar-refractivity contribution in [2.75, 3.05) is 11.9 Å². The van der Waals surface area contributed by atoms with Gasteiger partial charge in [-0.3, -0.25) is 9.59 Å². The second kappa shape index (κ2) is 7.98. The quantitative estimate of drug-likeness (QED) is 0.480. The van der Waals surface area contributed by atoms with E-state index in [0.717, 1.165) is 16.6 Å². The molecular formula is C23H19N3O3. The van der Waals surface area contributed by atoms with Crippen molar-refractivity contribution in [1.29, 1.82) is 0 Å². The van der Waals surface area contributed by atoms with Gasteiger partial charge in [0.25, 0.3) is 5.91 Å². The molecule has 0 atom stereocenters. The van der Waals surface area contributed by atoms with E-state index in [-0.39, 0.29) is 18.3 Å². The molecule has 2 N–H and O–H groups in total. The van der Waals surface area contributed by atoms with Crippen LogP contribution in [0.2, 0.25) is 0 Å². The Hall–Kier alpha value is -3.93. The highest BCUT2D eigenvalue weighted by molar-refractivity contribution is 5.96. The van der Waals surface area contributed by atoms with E-state index >= 15 is 0 Å². The van der Waals surface area contributed by atoms with Gasteiger partial charge in [0, 0.05) is 11.1 Å². The zero-order valence-corrected chi connectivity index (χ0v) is 15.8. The number of ether oxygens (including phenoxy) is 1. The number of benzene rings is 3. The number of hydrogen-bond donors (Lipinski definition) is 2. The zero-order valence-electron chi connectivity index (χ0n) is 15.8. The number of anilines is 1. The van der Waals surface area contributed by atoms with Crippen LogP contribution in [-0.4, -0.2) is 28.3 Å². The lowest BCUT2D eigenvalue weighted by molar-refractivity contribution is -0.118. The van der Waals surface area contributed by atoms with Crippen LogP contribution in [0.4, 0.5) is 5.69 Å². The zero-order chi connectivity index (χ0) is 20.2. The summed E-state index contributed by atoms with van der Waals surface area (Å²) in [4.78, 5) is 31.8. The highest BCUT2D eigenvalue weighted by Crippen LogP contribution is 2.27. The third-order valence-corrected chi connectivity index (χ3v) is 4.46. The highest BCUT2D eigenvalue weighted by atomic mass is 16.5. The number of ketones is 1. The van der Waals surface area contributed by atoms with Gasteiger partial charge in [-0.2, -0.15) is 0 Å². The molecule has 0 spiro atoms. The summed E-state index contributed by atoms with van der Waals surface area (Å²) >= 11 is 0. The van der Waals surface area contributed by atoms with E-state index in [1.165, 1.54) is 6.92 Å². The van der Waals surface area contributed by atoms with Gasteiger partial charge in [-0.25, -0.2) is 4.98 Å². The van der Waals surface area contributed by atoms with Gasteiger partial charge >= 0.3 is 0 Å². The second-order valence-corrected chi connectivity index (χ2v) is 6.57. The molecule has 0 radical (unpaired) electrons. The average Bonchev–Trinajstić information content (AvgIpc) is 3.17. The lowest BCUT2D eigenvalue weighted by atomic mass is 10.1. The second-order valence-electron chi connectivity index (χ2n) is 6.57. The molecule has 4 aromatic rings. The number of amides is 1. The third-order valence-electron chi connectivity index (χ3n) is 4.46. The number of imidazole rings is 1. The average molecular weight is 385 g/mol. The Morgan fingerprint density at radius 1 is 1.00 bits per heavy atom. The predicted molar refractivity (Wildman–Crippen MR) is 112 cm³/mol. The SMILES string of the molecule is CC(=O)c1cccc(OCC(=O)Nc2ccccc2-c2nc3ccccc3[nH]2)c1. The highest BCUT2D eigenvalue weighted by Gasteiger charge is 2.12. The molecule has 4 rings (SSSR count). The van der Waals surface area contributed by atoms with Crippen LogP contribution in [0.15, 0.2) is 72.8 Å². The summed E-state index contributed by atoms with van der Waals surface area (Å²) in [6, 6.07) is 22.0. The first-order valence-corrected chi connectivity index (χ1v) is 9.18. The van der Waals surface area contributed by atoms with E-state index in [1.54, 1.807) is 24.3 Å². The molecule has 6 nitrogen and oxygen atoms in total. The number of nitrogens with zero attached hydrogens (tertiary/aromatic N) is 1. The number of Topliss-reactive ketones (excluding diaryl/α,β-unsaturated/α-hetero) is 1. The summed E-state index contributed by atoms with van der Waals surface area (Å²) in [5.41, 5.74) is 3.75. The first kappa shape index (κ1) is 18.4. The van der Waals surface area contributed by atoms with Gasteiger partial charge in [-0.15, -0.1) is 0 Å². The van der Waals surface area contributed by atoms with Gasteiger partial charge < -0.3 is 15.0 Å². The van der Waals surface area contributed by atoms with Crippen molar-refractivity contribution in [3.8, 4) is 17.1 Å². The van der Waals surface area contributed by atoms with Crippen LogP contribution >= 0.6 is 0 Å². The molecule has 0 aliphatic rings. The van der Waals surface area contributed by atoms with E-state index in [9.17, 15) is 9.59 Å². The van der Waals surface area contributed by atoms with Crippen molar-refractivity contribution in [3.63, 3.8) is 0 Å². The number of carbonyl (C=O) groups is 2. The molecule has 1 heterocycles. The van der Waals surface area contributed by atoms with Gasteiger partial charge in [0.15, 0.2) is 12.4 Å². The predicted octanol–water partition coefficient (Wildman–Crippen LogP) is 4.45. The van der Waals surface area contributed by atoms with Gasteiger partial charge in [-0.05, 0) is 43.3 Å². The van der Waals surface area contributed by atoms with Crippen molar-refractivity contribution in [2.45, 2.75) is 6.92 Å². The van der Waals surface area contributed by atoms with Crippen LogP contribution in [0.5, 0.6) is 5.75 Å². The molecule has 0 fully saturated rings. The lowest BCUT2D eigenvalue weighted by Crippen LogP contribution is -2.20. The molecule has 0 aliphatic heterocycles. The fourth-order valence-electron chi connectivity index (χ4n) is 3.02. The van der Waals surface area contributed by atoms with Crippen LogP contribution in [0.1, 0.15) is 17.3 Å². The summed E-state index contributed by atoms with van der Waals surface area (Å²) in [6.07, 6.45) is 0. The van der Waals surface area contributed by atoms with E-state index in [2.05, 4.69) is 15.3 Å². The van der Waals surface area contributed by atoms with E-state index in [0.29, 0.717) is 22.8 Å². The molecule has 29 heavy (non-hydrogen) atoms. The van der Waals surface area contributed by atoms with Crippen LogP contribution in [0, 0.1) is 0 Å². The monoisotopic (exact) mass is 385 g/mol. The van der Waals surface area contributed by atoms with E-state index in [4.69, 9.17) is 4.74 Å². The number of aromatic amines is 1. The number of para-hydroxylation sites is 3. The maximum atomic E-state index is 12.4. The van der Waals surface area contributed by atoms with Crippen LogP contribution in [0.3, 0.4) is 0 Å². The Balaban J connectivity index is 1.49. The summed E-state index contributed by atoms with van der Waals surface area (Å²) in [5, 5.41) is 2.87. The fourth-order valence-corrected chi connectivity index (χ4v) is 3.02. The van der Waals surface area contributed by atoms with Crippen molar-refractivity contribution >= 4 is 28.4 Å². The minimum Gasteiger partial charge on any atom is -0.484 e. The number of aromatic nitrogens is 2. The minimum atomic E-state index is -0.304. The Bertz CT molecular complexity index is 1160. The molecule has 144 valence electrons. The van der Waals surface area contributed by atoms with Crippen LogP contribution < -0.4 is 10.1 Å². The number of nitrogens with one attached hydrogen (secondary N) is 2. The Morgan fingerprint density at radius 3 is 2.62 bits per heavy atom. The van der Waals surface area contributed by atoms with Gasteiger partial charge in [0.05, 0.1) is 16.7 Å². The topological polar surface area (TPSA) is 84.1 Å². The van der Waals surface area contributed by atoms with Crippen molar-refractivity contribution in [1.82, 2.24) is 9.97 Å². The summed E-state index contributed by atoms with van der Waals surface area (Å²) in [7, 11) is 0. The molecule has 1 amide bonds. The molecule has 0 aliphatic carbocycles. The standard InChI is InChI=1S/C23H19N3O3/c1-15(27)16-7-6-8-17(13-16)29-14-22(28)24-19-10-3-2-9-18(19)23-25-20-11-4-5-12-21(20)26-23/h2-13H,14H2,1H3,(H,24,28)(H,25,26). The van der Waals surface area contributed by atoms with E-state index in [1.807, 2.05) is 48.5 Å². The Morgan fingerprint density at radius 2 is 1.79 bits per heavy atom. The van der Waals surface area contributed by atoms with E-state index < -0.39 is 0 Å². The van der Waals surface area contributed by atoms with Gasteiger partial charge in [0.2, 0.25) is 0 Å². The first-order chi connectivity index (χ1) is 14.1. The third kappa shape index (κ3) is 4.16. The number of fused-ring (bicyclic) bond motifs is 1. The van der Waals surface area contributed by atoms with Crippen LogP contribution in [-0.2, 0) is 4.79 Å². The molecule has 0 bridgehead atoms. The molecular weight excluding hydrogens is 366 g/mol. The number of H-pyrrole nitrogens is 1. The summed E-state index contributed by atoms with van der Waals surface area (Å²) in [6.45, 7) is 1.32. The van der Waals surface area contributed by atoms with Gasteiger partial charge in [-0.1, -0.05) is 36.4 Å². The fraction of sp³-hybridized carbons (Fsp3) is 0.0870. The molecule has 0 saturated carbocycles. The van der Waals surface area contributed by atoms with Crippen molar-refractivity contribution in [2.24, 2.45) is 0 Å². The number of carbonyl (C=O) groups excluding carboxylic acids is 2. The summed E-state index contributed by atoms with van der Waals surface area (Å²) in [5.74, 6) is 0.789. The smallest absolute Gasteiger partial charge is 0.262 e. The lowest BCUT2D eigenvalue weighted by Gasteiger charge is -2.11. The van der Waals surface area contributed by atoms with Gasteiger partial charge in [0.1, 0.15) is 11.6 Å². The number of hydrogen-bond acceptors (Lipinski definition) is 4. The first-order valence-electron chi connectivity index (χ1n) is 9.18. The molecule has 6 heteroatoms.